The van der Waals surface area contributed by atoms with Crippen LogP contribution in [0.2, 0.25) is 0 Å². The highest BCUT2D eigenvalue weighted by molar-refractivity contribution is 6.25. The molecule has 1 atom stereocenters. The summed E-state index contributed by atoms with van der Waals surface area (Å²) in [6.07, 6.45) is 1.88. The van der Waals surface area contributed by atoms with E-state index in [1.54, 1.807) is 30.5 Å². The Morgan fingerprint density at radius 3 is 2.35 bits per heavy atom. The lowest BCUT2D eigenvalue weighted by atomic mass is 10.0. The molecule has 5 amide bonds. The third kappa shape index (κ3) is 5.69. The highest BCUT2D eigenvalue weighted by Crippen LogP contribution is 2.32. The lowest BCUT2D eigenvalue weighted by Gasteiger charge is -2.36. The number of pyridine rings is 1. The van der Waals surface area contributed by atoms with Gasteiger partial charge in [-0.25, -0.2) is 4.98 Å². The van der Waals surface area contributed by atoms with E-state index >= 15 is 0 Å². The lowest BCUT2D eigenvalue weighted by molar-refractivity contribution is -0.136. The molecule has 3 aromatic rings. The third-order valence-corrected chi connectivity index (χ3v) is 8.12. The number of primary amides is 1. The first-order chi connectivity index (χ1) is 20.8. The lowest BCUT2D eigenvalue weighted by Crippen LogP contribution is -2.54. The first-order valence-corrected chi connectivity index (χ1v) is 14.2. The number of hydrogen-bond donors (Lipinski definition) is 3. The van der Waals surface area contributed by atoms with Crippen LogP contribution in [0.3, 0.4) is 0 Å². The van der Waals surface area contributed by atoms with E-state index < -0.39 is 35.6 Å². The summed E-state index contributed by atoms with van der Waals surface area (Å²) >= 11 is 0. The van der Waals surface area contributed by atoms with E-state index in [0.29, 0.717) is 12.2 Å². The Kier molecular flexibility index (Phi) is 7.59. The molecule has 3 aliphatic rings. The number of nitrogens with zero attached hydrogens (tertiary/aromatic N) is 4. The SMILES string of the molecule is NC(=O)c1ccc(N2CCN(Cc3ccc(CNc4cccc5c4C(=O)N(C4CCC(=O)NC4=O)C5=O)cc3)CC2)cn1. The van der Waals surface area contributed by atoms with Crippen LogP contribution in [0.5, 0.6) is 0 Å². The monoisotopic (exact) mass is 581 g/mol. The zero-order valence-corrected chi connectivity index (χ0v) is 23.4. The molecule has 220 valence electrons. The van der Waals surface area contributed by atoms with Gasteiger partial charge in [0.2, 0.25) is 11.8 Å². The molecule has 2 aromatic carbocycles. The van der Waals surface area contributed by atoms with Gasteiger partial charge in [-0.2, -0.15) is 0 Å². The van der Waals surface area contributed by atoms with Crippen LogP contribution < -0.4 is 21.3 Å². The number of piperidine rings is 1. The minimum atomic E-state index is -1.000. The van der Waals surface area contributed by atoms with E-state index in [-0.39, 0.29) is 29.7 Å². The number of imide groups is 2. The minimum absolute atomic E-state index is 0.0763. The number of piperazine rings is 1. The van der Waals surface area contributed by atoms with Crippen molar-refractivity contribution >= 4 is 40.9 Å². The number of nitrogens with two attached hydrogens (primary N) is 1. The van der Waals surface area contributed by atoms with Crippen molar-refractivity contribution in [2.75, 3.05) is 36.4 Å². The summed E-state index contributed by atoms with van der Waals surface area (Å²) < 4.78 is 0. The van der Waals surface area contributed by atoms with Crippen molar-refractivity contribution in [3.8, 4) is 0 Å². The first-order valence-electron chi connectivity index (χ1n) is 14.2. The van der Waals surface area contributed by atoms with Crippen LogP contribution in [0, 0.1) is 0 Å². The van der Waals surface area contributed by atoms with Gasteiger partial charge in [-0.1, -0.05) is 30.3 Å². The summed E-state index contributed by atoms with van der Waals surface area (Å²) in [7, 11) is 0. The van der Waals surface area contributed by atoms with E-state index in [1.807, 2.05) is 18.2 Å². The van der Waals surface area contributed by atoms with Crippen molar-refractivity contribution in [2.24, 2.45) is 5.73 Å². The molecule has 0 spiro atoms. The molecule has 2 saturated heterocycles. The number of carbonyl (C=O) groups excluding carboxylic acids is 5. The summed E-state index contributed by atoms with van der Waals surface area (Å²) in [5, 5.41) is 5.50. The van der Waals surface area contributed by atoms with Crippen LogP contribution in [0.15, 0.2) is 60.8 Å². The molecular weight excluding hydrogens is 550 g/mol. The average Bonchev–Trinajstić information content (AvgIpc) is 3.27. The van der Waals surface area contributed by atoms with Gasteiger partial charge in [0.25, 0.3) is 17.7 Å². The van der Waals surface area contributed by atoms with E-state index in [4.69, 9.17) is 5.73 Å². The molecule has 1 unspecified atom stereocenters. The Balaban J connectivity index is 1.04. The summed E-state index contributed by atoms with van der Waals surface area (Å²) in [5.41, 5.74) is 9.72. The number of nitrogens with one attached hydrogen (secondary N) is 2. The fraction of sp³-hybridized carbons (Fsp3) is 0.290. The smallest absolute Gasteiger partial charge is 0.267 e. The van der Waals surface area contributed by atoms with E-state index in [0.717, 1.165) is 48.9 Å². The number of aromatic nitrogens is 1. The van der Waals surface area contributed by atoms with Gasteiger partial charge < -0.3 is 16.0 Å². The molecule has 4 heterocycles. The van der Waals surface area contributed by atoms with Gasteiger partial charge in [0.15, 0.2) is 0 Å². The van der Waals surface area contributed by atoms with Crippen molar-refractivity contribution in [3.05, 3.63) is 88.7 Å². The Bertz CT molecular complexity index is 1600. The number of rotatable bonds is 8. The van der Waals surface area contributed by atoms with Gasteiger partial charge in [0.05, 0.1) is 23.0 Å². The third-order valence-electron chi connectivity index (χ3n) is 8.12. The zero-order chi connectivity index (χ0) is 30.1. The normalized spacial score (nSPS) is 18.9. The Morgan fingerprint density at radius 2 is 1.67 bits per heavy atom. The Labute approximate surface area is 247 Å². The van der Waals surface area contributed by atoms with E-state index in [9.17, 15) is 24.0 Å². The Morgan fingerprint density at radius 1 is 0.930 bits per heavy atom. The number of anilines is 2. The molecule has 6 rings (SSSR count). The quantitative estimate of drug-likeness (QED) is 0.335. The van der Waals surface area contributed by atoms with Crippen molar-refractivity contribution in [3.63, 3.8) is 0 Å². The number of fused-ring (bicyclic) bond motifs is 1. The summed E-state index contributed by atoms with van der Waals surface area (Å²) in [6, 6.07) is 15.8. The molecule has 2 fully saturated rings. The van der Waals surface area contributed by atoms with Crippen molar-refractivity contribution < 1.29 is 24.0 Å². The first kappa shape index (κ1) is 28.0. The van der Waals surface area contributed by atoms with E-state index in [1.165, 1.54) is 5.56 Å². The molecule has 0 radical (unpaired) electrons. The van der Waals surface area contributed by atoms with Crippen molar-refractivity contribution in [2.45, 2.75) is 32.0 Å². The average molecular weight is 582 g/mol. The summed E-state index contributed by atoms with van der Waals surface area (Å²) in [4.78, 5) is 71.3. The van der Waals surface area contributed by atoms with Gasteiger partial charge in [0, 0.05) is 51.4 Å². The van der Waals surface area contributed by atoms with Crippen molar-refractivity contribution in [1.29, 1.82) is 0 Å². The maximum Gasteiger partial charge on any atom is 0.267 e. The maximum absolute atomic E-state index is 13.3. The van der Waals surface area contributed by atoms with Crippen LogP contribution in [0.25, 0.3) is 0 Å². The van der Waals surface area contributed by atoms with Crippen LogP contribution in [-0.2, 0) is 22.7 Å². The van der Waals surface area contributed by atoms with Gasteiger partial charge in [-0.15, -0.1) is 0 Å². The molecule has 12 heteroatoms. The second-order valence-corrected chi connectivity index (χ2v) is 10.9. The molecule has 1 aromatic heterocycles. The maximum atomic E-state index is 13.3. The van der Waals surface area contributed by atoms with Gasteiger partial charge in [-0.05, 0) is 41.8 Å². The molecule has 0 aliphatic carbocycles. The molecule has 43 heavy (non-hydrogen) atoms. The highest BCUT2D eigenvalue weighted by atomic mass is 16.2. The standard InChI is InChI=1S/C31H31N7O5/c32-28(40)24-9-8-21(17-34-24)37-14-12-36(13-15-37)18-20-6-4-19(5-7-20)16-33-23-3-1-2-22-27(23)31(43)38(30(22)42)25-10-11-26(39)35-29(25)41/h1-9,17,25,33H,10-16,18H2,(H2,32,40)(H,35,39,41). The molecule has 0 saturated carbocycles. The van der Waals surface area contributed by atoms with Crippen molar-refractivity contribution in [1.82, 2.24) is 20.1 Å². The Hall–Kier alpha value is -5.10. The molecule has 3 aliphatic heterocycles. The molecule has 4 N–H and O–H groups in total. The van der Waals surface area contributed by atoms with E-state index in [2.05, 4.69) is 37.6 Å². The minimum Gasteiger partial charge on any atom is -0.380 e. The molecule has 12 nitrogen and oxygen atoms in total. The summed E-state index contributed by atoms with van der Waals surface area (Å²) in [6.45, 7) is 4.74. The predicted molar refractivity (Wildman–Crippen MR) is 157 cm³/mol. The van der Waals surface area contributed by atoms with Crippen LogP contribution in [0.1, 0.15) is 55.2 Å². The van der Waals surface area contributed by atoms with Crippen LogP contribution >= 0.6 is 0 Å². The number of amides is 5. The topological polar surface area (TPSA) is 158 Å². The number of hydrogen-bond acceptors (Lipinski definition) is 9. The largest absolute Gasteiger partial charge is 0.380 e. The highest BCUT2D eigenvalue weighted by Gasteiger charge is 2.45. The van der Waals surface area contributed by atoms with Gasteiger partial charge in [-0.3, -0.25) is 39.1 Å². The van der Waals surface area contributed by atoms with Gasteiger partial charge in [0.1, 0.15) is 11.7 Å². The number of carbonyl (C=O) groups is 5. The zero-order valence-electron chi connectivity index (χ0n) is 23.4. The number of benzene rings is 2. The molecule has 0 bridgehead atoms. The molecular formula is C31H31N7O5. The fourth-order valence-corrected chi connectivity index (χ4v) is 5.76. The predicted octanol–water partition coefficient (Wildman–Crippen LogP) is 1.52. The van der Waals surface area contributed by atoms with Crippen LogP contribution in [-0.4, -0.2) is 76.5 Å². The van der Waals surface area contributed by atoms with Gasteiger partial charge >= 0.3 is 0 Å². The fourth-order valence-electron chi connectivity index (χ4n) is 5.76. The second-order valence-electron chi connectivity index (χ2n) is 10.9. The van der Waals surface area contributed by atoms with Crippen LogP contribution in [0.4, 0.5) is 11.4 Å². The second kappa shape index (κ2) is 11.6. The summed E-state index contributed by atoms with van der Waals surface area (Å²) in [5.74, 6) is -2.63.